The highest BCUT2D eigenvalue weighted by Crippen LogP contribution is 2.36. The van der Waals surface area contributed by atoms with E-state index in [1.807, 2.05) is 31.2 Å². The number of allylic oxidation sites excluding steroid dienone is 1. The number of carbonyl (C=O) groups is 2. The van der Waals surface area contributed by atoms with Crippen LogP contribution >= 0.6 is 22.9 Å². The predicted octanol–water partition coefficient (Wildman–Crippen LogP) is 3.19. The summed E-state index contributed by atoms with van der Waals surface area (Å²) in [5, 5.41) is 0.406. The summed E-state index contributed by atoms with van der Waals surface area (Å²) in [6, 6.07) is 13.7. The van der Waals surface area contributed by atoms with Crippen LogP contribution in [0.3, 0.4) is 0 Å². The minimum absolute atomic E-state index is 0.212. The number of hydrogen-bond donors (Lipinski definition) is 0. The Morgan fingerprint density at radius 3 is 2.57 bits per heavy atom. The lowest BCUT2D eigenvalue weighted by Gasteiger charge is -2.25. The normalized spacial score (nSPS) is 18.3. The van der Waals surface area contributed by atoms with Gasteiger partial charge in [0.2, 0.25) is 0 Å². The van der Waals surface area contributed by atoms with Gasteiger partial charge in [0.05, 0.1) is 29.6 Å². The van der Waals surface area contributed by atoms with Crippen LogP contribution in [0.1, 0.15) is 37.4 Å². The molecule has 1 atom stereocenters. The van der Waals surface area contributed by atoms with Crippen molar-refractivity contribution in [2.24, 2.45) is 4.99 Å². The molecule has 2 aromatic carbocycles. The molecule has 7 nitrogen and oxygen atoms in total. The second kappa shape index (κ2) is 8.94. The third-order valence-electron chi connectivity index (χ3n) is 6.20. The number of aromatic nitrogens is 1. The number of rotatable bonds is 4. The molecule has 0 radical (unpaired) electrons. The summed E-state index contributed by atoms with van der Waals surface area (Å²) in [5.41, 5.74) is 2.71. The van der Waals surface area contributed by atoms with Crippen molar-refractivity contribution in [3.8, 4) is 0 Å². The summed E-state index contributed by atoms with van der Waals surface area (Å²) < 4.78 is 6.78. The largest absolute Gasteiger partial charge is 0.466 e. The Balaban J connectivity index is 1.85. The fourth-order valence-electron chi connectivity index (χ4n) is 4.68. The number of ether oxygens (including phenoxy) is 1. The number of methoxy groups -OCH3 is 1. The van der Waals surface area contributed by atoms with Gasteiger partial charge in [0.15, 0.2) is 4.80 Å². The summed E-state index contributed by atoms with van der Waals surface area (Å²) in [4.78, 5) is 47.0. The van der Waals surface area contributed by atoms with E-state index in [1.54, 1.807) is 36.1 Å². The molecule has 2 aliphatic heterocycles. The molecule has 1 aromatic heterocycles. The van der Waals surface area contributed by atoms with Crippen LogP contribution in [0.2, 0.25) is 5.02 Å². The Hall–Kier alpha value is -3.49. The average molecular weight is 508 g/mol. The molecule has 9 heteroatoms. The molecule has 2 aliphatic rings. The summed E-state index contributed by atoms with van der Waals surface area (Å²) in [5.74, 6) is -0.804. The number of halogens is 1. The zero-order chi connectivity index (χ0) is 24.9. The van der Waals surface area contributed by atoms with Crippen molar-refractivity contribution in [3.05, 3.63) is 95.6 Å². The van der Waals surface area contributed by atoms with Crippen molar-refractivity contribution in [2.75, 3.05) is 18.6 Å². The van der Waals surface area contributed by atoms with Gasteiger partial charge in [-0.1, -0.05) is 66.3 Å². The number of esters is 1. The smallest absolute Gasteiger partial charge is 0.338 e. The Morgan fingerprint density at radius 2 is 1.86 bits per heavy atom. The number of carbonyl (C=O) groups excluding carboxylic acids is 2. The van der Waals surface area contributed by atoms with Crippen LogP contribution in [0.15, 0.2) is 69.6 Å². The van der Waals surface area contributed by atoms with Crippen LogP contribution in [0.4, 0.5) is 5.69 Å². The SMILES string of the molecule is CCCN1C(=O)/C(=c2\sc3n(c2=O)[C@H](c2ccccc2Cl)C(C(=O)OC)=C(C)N=3)c2ccccc21. The molecule has 0 saturated carbocycles. The maximum Gasteiger partial charge on any atom is 0.338 e. The molecule has 0 fully saturated rings. The number of benzene rings is 2. The lowest BCUT2D eigenvalue weighted by molar-refractivity contribution is -0.136. The molecule has 0 bridgehead atoms. The lowest BCUT2D eigenvalue weighted by atomic mass is 9.96. The molecule has 35 heavy (non-hydrogen) atoms. The minimum atomic E-state index is -0.833. The fourth-order valence-corrected chi connectivity index (χ4v) is 6.06. The average Bonchev–Trinajstić information content (AvgIpc) is 3.31. The van der Waals surface area contributed by atoms with Crippen LogP contribution < -0.4 is 19.8 Å². The van der Waals surface area contributed by atoms with E-state index in [9.17, 15) is 14.4 Å². The number of anilines is 1. The molecule has 5 rings (SSSR count). The summed E-state index contributed by atoms with van der Waals surface area (Å²) in [6.07, 6.45) is 0.781. The van der Waals surface area contributed by atoms with Gasteiger partial charge in [-0.05, 0) is 31.0 Å². The van der Waals surface area contributed by atoms with Gasteiger partial charge in [-0.25, -0.2) is 9.79 Å². The van der Waals surface area contributed by atoms with E-state index in [0.717, 1.165) is 29.0 Å². The zero-order valence-electron chi connectivity index (χ0n) is 19.4. The second-order valence-corrected chi connectivity index (χ2v) is 9.65. The summed E-state index contributed by atoms with van der Waals surface area (Å²) in [6.45, 7) is 4.25. The van der Waals surface area contributed by atoms with Gasteiger partial charge in [0, 0.05) is 17.1 Å². The fraction of sp³-hybridized carbons (Fsp3) is 0.231. The highest BCUT2D eigenvalue weighted by Gasteiger charge is 2.37. The Kier molecular flexibility index (Phi) is 5.94. The molecule has 178 valence electrons. The third kappa shape index (κ3) is 3.56. The van der Waals surface area contributed by atoms with Crippen LogP contribution in [0.25, 0.3) is 5.57 Å². The number of nitrogens with zero attached hydrogens (tertiary/aromatic N) is 3. The Bertz CT molecular complexity index is 1600. The van der Waals surface area contributed by atoms with Crippen LogP contribution in [-0.4, -0.2) is 30.1 Å². The molecule has 0 saturated heterocycles. The first-order chi connectivity index (χ1) is 16.9. The predicted molar refractivity (Wildman–Crippen MR) is 135 cm³/mol. The van der Waals surface area contributed by atoms with Crippen molar-refractivity contribution in [1.29, 1.82) is 0 Å². The molecule has 1 amide bonds. The van der Waals surface area contributed by atoms with Gasteiger partial charge in [-0.3, -0.25) is 14.2 Å². The van der Waals surface area contributed by atoms with E-state index in [0.29, 0.717) is 33.2 Å². The molecule has 0 spiro atoms. The van der Waals surface area contributed by atoms with Crippen LogP contribution in [0.5, 0.6) is 0 Å². The number of hydrogen-bond acceptors (Lipinski definition) is 6. The quantitative estimate of drug-likeness (QED) is 0.508. The van der Waals surface area contributed by atoms with E-state index < -0.39 is 17.6 Å². The monoisotopic (exact) mass is 507 g/mol. The summed E-state index contributed by atoms with van der Waals surface area (Å²) >= 11 is 7.68. The van der Waals surface area contributed by atoms with E-state index in [-0.39, 0.29) is 16.0 Å². The third-order valence-corrected chi connectivity index (χ3v) is 7.60. The molecule has 3 aromatic rings. The van der Waals surface area contributed by atoms with Gasteiger partial charge < -0.3 is 9.64 Å². The van der Waals surface area contributed by atoms with Crippen molar-refractivity contribution in [1.82, 2.24) is 4.57 Å². The number of amides is 1. The number of fused-ring (bicyclic) bond motifs is 2. The van der Waals surface area contributed by atoms with Gasteiger partial charge >= 0.3 is 5.97 Å². The van der Waals surface area contributed by atoms with Crippen molar-refractivity contribution in [2.45, 2.75) is 26.3 Å². The van der Waals surface area contributed by atoms with Crippen LogP contribution in [-0.2, 0) is 14.3 Å². The first kappa shape index (κ1) is 23.3. The Labute approximate surface area is 210 Å². The number of thiazole rings is 1. The lowest BCUT2D eigenvalue weighted by Crippen LogP contribution is -2.41. The van der Waals surface area contributed by atoms with Crippen molar-refractivity contribution in [3.63, 3.8) is 0 Å². The second-order valence-electron chi connectivity index (χ2n) is 8.26. The molecule has 0 N–H and O–H groups in total. The molecular formula is C26H22ClN3O4S. The van der Waals surface area contributed by atoms with Gasteiger partial charge in [-0.2, -0.15) is 0 Å². The first-order valence-electron chi connectivity index (χ1n) is 11.2. The highest BCUT2D eigenvalue weighted by atomic mass is 35.5. The maximum absolute atomic E-state index is 14.0. The standard InChI is InChI=1S/C26H22ClN3O4S/c1-4-13-29-18-12-8-6-10-16(18)20(23(29)31)22-24(32)30-21(15-9-5-7-11-17(15)27)19(25(33)34-3)14(2)28-26(30)35-22/h5-12,21H,4,13H2,1-3H3/b22-20-/t21-/m1/s1. The molecule has 0 aliphatic carbocycles. The number of para-hydroxylation sites is 1. The van der Waals surface area contributed by atoms with Crippen molar-refractivity contribution < 1.29 is 14.3 Å². The first-order valence-corrected chi connectivity index (χ1v) is 12.4. The maximum atomic E-state index is 14.0. The zero-order valence-corrected chi connectivity index (χ0v) is 20.9. The molecule has 0 unspecified atom stereocenters. The van der Waals surface area contributed by atoms with E-state index in [4.69, 9.17) is 16.3 Å². The topological polar surface area (TPSA) is 81.0 Å². The van der Waals surface area contributed by atoms with E-state index >= 15 is 0 Å². The summed E-state index contributed by atoms with van der Waals surface area (Å²) in [7, 11) is 1.29. The van der Waals surface area contributed by atoms with Gasteiger partial charge in [0.25, 0.3) is 11.5 Å². The molecular weight excluding hydrogens is 486 g/mol. The van der Waals surface area contributed by atoms with E-state index in [2.05, 4.69) is 4.99 Å². The van der Waals surface area contributed by atoms with Crippen LogP contribution in [0, 0.1) is 0 Å². The molecule has 3 heterocycles. The van der Waals surface area contributed by atoms with Gasteiger partial charge in [0.1, 0.15) is 10.6 Å². The minimum Gasteiger partial charge on any atom is -0.466 e. The Morgan fingerprint density at radius 1 is 1.14 bits per heavy atom. The highest BCUT2D eigenvalue weighted by molar-refractivity contribution is 7.07. The van der Waals surface area contributed by atoms with Gasteiger partial charge in [-0.15, -0.1) is 0 Å². The van der Waals surface area contributed by atoms with Crippen molar-refractivity contribution >= 4 is 46.1 Å². The van der Waals surface area contributed by atoms with E-state index in [1.165, 1.54) is 11.7 Å².